The van der Waals surface area contributed by atoms with Gasteiger partial charge in [0, 0.05) is 26.2 Å². The standard InChI is InChI=1S/C13H26N2O4S/c1-10-8-11(2)12(3)15(9-10)20(17,18)14(4)7-6-13(16)19-5/h10-12H,6-9H2,1-5H3. The SMILES string of the molecule is COC(=O)CCN(C)S(=O)(=O)N1CC(C)CC(C)C1C. The van der Waals surface area contributed by atoms with E-state index in [4.69, 9.17) is 0 Å². The Balaban J connectivity index is 2.78. The van der Waals surface area contributed by atoms with Gasteiger partial charge in [-0.25, -0.2) is 0 Å². The highest BCUT2D eigenvalue weighted by molar-refractivity contribution is 7.86. The van der Waals surface area contributed by atoms with Crippen LogP contribution in [0.1, 0.15) is 33.6 Å². The minimum absolute atomic E-state index is 0.0169. The number of methoxy groups -OCH3 is 1. The number of ether oxygens (including phenoxy) is 1. The van der Waals surface area contributed by atoms with Gasteiger partial charge in [-0.15, -0.1) is 0 Å². The fraction of sp³-hybridized carbons (Fsp3) is 0.923. The largest absolute Gasteiger partial charge is 0.469 e. The van der Waals surface area contributed by atoms with Crippen LogP contribution in [0.4, 0.5) is 0 Å². The summed E-state index contributed by atoms with van der Waals surface area (Å²) in [6.07, 6.45) is 1.11. The molecule has 0 bridgehead atoms. The van der Waals surface area contributed by atoms with E-state index in [0.29, 0.717) is 18.4 Å². The number of piperidine rings is 1. The maximum atomic E-state index is 12.6. The first kappa shape index (κ1) is 17.4. The Labute approximate surface area is 122 Å². The van der Waals surface area contributed by atoms with Crippen molar-refractivity contribution in [1.29, 1.82) is 0 Å². The van der Waals surface area contributed by atoms with Crippen LogP contribution in [0.3, 0.4) is 0 Å². The zero-order chi connectivity index (χ0) is 15.5. The van der Waals surface area contributed by atoms with Gasteiger partial charge in [0.25, 0.3) is 10.2 Å². The molecule has 20 heavy (non-hydrogen) atoms. The molecule has 1 rings (SSSR count). The number of esters is 1. The van der Waals surface area contributed by atoms with Crippen molar-refractivity contribution in [2.24, 2.45) is 11.8 Å². The van der Waals surface area contributed by atoms with Crippen molar-refractivity contribution in [2.45, 2.75) is 39.7 Å². The van der Waals surface area contributed by atoms with Crippen LogP contribution >= 0.6 is 0 Å². The van der Waals surface area contributed by atoms with Gasteiger partial charge in [0.2, 0.25) is 0 Å². The third-order valence-electron chi connectivity index (χ3n) is 4.09. The Kier molecular flexibility index (Phi) is 5.97. The maximum absolute atomic E-state index is 12.6. The average molecular weight is 306 g/mol. The van der Waals surface area contributed by atoms with E-state index in [1.54, 1.807) is 4.31 Å². The normalized spacial score (nSPS) is 28.6. The second-order valence-electron chi connectivity index (χ2n) is 5.78. The molecule has 0 aliphatic carbocycles. The molecule has 3 atom stereocenters. The Bertz CT molecular complexity index is 438. The van der Waals surface area contributed by atoms with Crippen molar-refractivity contribution in [3.05, 3.63) is 0 Å². The lowest BCUT2D eigenvalue weighted by atomic mass is 9.88. The molecular formula is C13H26N2O4S. The Morgan fingerprint density at radius 3 is 2.50 bits per heavy atom. The van der Waals surface area contributed by atoms with E-state index in [0.717, 1.165) is 6.42 Å². The first-order valence-electron chi connectivity index (χ1n) is 7.00. The van der Waals surface area contributed by atoms with Crippen LogP contribution in [0.15, 0.2) is 0 Å². The summed E-state index contributed by atoms with van der Waals surface area (Å²) in [5, 5.41) is 0. The first-order chi connectivity index (χ1) is 9.20. The third kappa shape index (κ3) is 3.93. The third-order valence-corrected chi connectivity index (χ3v) is 6.14. The minimum atomic E-state index is -3.52. The van der Waals surface area contributed by atoms with Crippen molar-refractivity contribution < 1.29 is 17.9 Å². The predicted molar refractivity (Wildman–Crippen MR) is 77.3 cm³/mol. The molecule has 7 heteroatoms. The topological polar surface area (TPSA) is 66.9 Å². The van der Waals surface area contributed by atoms with E-state index in [-0.39, 0.29) is 19.0 Å². The summed E-state index contributed by atoms with van der Waals surface area (Å²) in [7, 11) is -0.715. The van der Waals surface area contributed by atoms with Gasteiger partial charge in [-0.1, -0.05) is 13.8 Å². The lowest BCUT2D eigenvalue weighted by molar-refractivity contribution is -0.140. The van der Waals surface area contributed by atoms with E-state index in [9.17, 15) is 13.2 Å². The van der Waals surface area contributed by atoms with Crippen LogP contribution in [-0.4, -0.2) is 56.3 Å². The predicted octanol–water partition coefficient (Wildman–Crippen LogP) is 1.09. The molecule has 0 aromatic heterocycles. The van der Waals surface area contributed by atoms with Gasteiger partial charge in [-0.05, 0) is 25.2 Å². The van der Waals surface area contributed by atoms with Crippen LogP contribution in [0.5, 0.6) is 0 Å². The lowest BCUT2D eigenvalue weighted by Gasteiger charge is -2.41. The number of hydrogen-bond acceptors (Lipinski definition) is 4. The molecule has 1 aliphatic heterocycles. The van der Waals surface area contributed by atoms with Crippen molar-refractivity contribution in [3.8, 4) is 0 Å². The van der Waals surface area contributed by atoms with Gasteiger partial charge in [-0.3, -0.25) is 4.79 Å². The molecule has 1 aliphatic rings. The van der Waals surface area contributed by atoms with Crippen LogP contribution in [0.2, 0.25) is 0 Å². The van der Waals surface area contributed by atoms with E-state index in [2.05, 4.69) is 18.6 Å². The Morgan fingerprint density at radius 2 is 1.95 bits per heavy atom. The summed E-state index contributed by atoms with van der Waals surface area (Å²) in [4.78, 5) is 11.1. The van der Waals surface area contributed by atoms with E-state index in [1.807, 2.05) is 6.92 Å². The second kappa shape index (κ2) is 6.87. The Morgan fingerprint density at radius 1 is 1.35 bits per heavy atom. The van der Waals surface area contributed by atoms with Gasteiger partial charge < -0.3 is 4.74 Å². The molecule has 118 valence electrons. The number of hydrogen-bond donors (Lipinski definition) is 0. The summed E-state index contributed by atoms with van der Waals surface area (Å²) in [6, 6.07) is -0.0169. The monoisotopic (exact) mass is 306 g/mol. The summed E-state index contributed by atoms with van der Waals surface area (Å²) in [5.41, 5.74) is 0. The van der Waals surface area contributed by atoms with Gasteiger partial charge in [0.05, 0.1) is 13.5 Å². The summed E-state index contributed by atoms with van der Waals surface area (Å²) >= 11 is 0. The fourth-order valence-corrected chi connectivity index (χ4v) is 4.36. The van der Waals surface area contributed by atoms with E-state index >= 15 is 0 Å². The minimum Gasteiger partial charge on any atom is -0.469 e. The molecule has 0 radical (unpaired) electrons. The first-order valence-corrected chi connectivity index (χ1v) is 8.39. The fourth-order valence-electron chi connectivity index (χ4n) is 2.61. The zero-order valence-corrected chi connectivity index (χ0v) is 13.8. The van der Waals surface area contributed by atoms with Crippen molar-refractivity contribution >= 4 is 16.2 Å². The quantitative estimate of drug-likeness (QED) is 0.713. The molecular weight excluding hydrogens is 280 g/mol. The molecule has 0 saturated carbocycles. The molecule has 0 N–H and O–H groups in total. The smallest absolute Gasteiger partial charge is 0.306 e. The Hall–Kier alpha value is -0.660. The molecule has 1 heterocycles. The molecule has 6 nitrogen and oxygen atoms in total. The van der Waals surface area contributed by atoms with Crippen LogP contribution in [0.25, 0.3) is 0 Å². The number of nitrogens with zero attached hydrogens (tertiary/aromatic N) is 2. The molecule has 1 fully saturated rings. The highest BCUT2D eigenvalue weighted by atomic mass is 32.2. The summed E-state index contributed by atoms with van der Waals surface area (Å²) in [6.45, 7) is 6.77. The van der Waals surface area contributed by atoms with Crippen LogP contribution in [-0.2, 0) is 19.7 Å². The molecule has 0 aromatic carbocycles. The molecule has 0 spiro atoms. The van der Waals surface area contributed by atoms with Gasteiger partial charge in [-0.2, -0.15) is 17.0 Å². The zero-order valence-electron chi connectivity index (χ0n) is 13.0. The average Bonchev–Trinajstić information content (AvgIpc) is 2.39. The number of rotatable bonds is 5. The molecule has 1 saturated heterocycles. The van der Waals surface area contributed by atoms with Gasteiger partial charge in [0.15, 0.2) is 0 Å². The number of carbonyl (C=O) groups excluding carboxylic acids is 1. The molecule has 0 amide bonds. The lowest BCUT2D eigenvalue weighted by Crippen LogP contribution is -2.53. The van der Waals surface area contributed by atoms with Crippen LogP contribution in [0, 0.1) is 11.8 Å². The second-order valence-corrected chi connectivity index (χ2v) is 7.77. The van der Waals surface area contributed by atoms with Gasteiger partial charge in [0.1, 0.15) is 0 Å². The summed E-state index contributed by atoms with van der Waals surface area (Å²) < 4.78 is 32.5. The highest BCUT2D eigenvalue weighted by Gasteiger charge is 2.38. The molecule has 3 unspecified atom stereocenters. The van der Waals surface area contributed by atoms with Crippen molar-refractivity contribution in [1.82, 2.24) is 8.61 Å². The maximum Gasteiger partial charge on any atom is 0.306 e. The van der Waals surface area contributed by atoms with Gasteiger partial charge >= 0.3 is 5.97 Å². The summed E-state index contributed by atoms with van der Waals surface area (Å²) in [5.74, 6) is 0.285. The van der Waals surface area contributed by atoms with E-state index < -0.39 is 16.2 Å². The van der Waals surface area contributed by atoms with Crippen LogP contribution < -0.4 is 0 Å². The highest BCUT2D eigenvalue weighted by Crippen LogP contribution is 2.29. The molecule has 0 aromatic rings. The van der Waals surface area contributed by atoms with E-state index in [1.165, 1.54) is 18.5 Å². The van der Waals surface area contributed by atoms with Crippen molar-refractivity contribution in [2.75, 3.05) is 27.2 Å². The number of carbonyl (C=O) groups is 1. The van der Waals surface area contributed by atoms with Crippen molar-refractivity contribution in [3.63, 3.8) is 0 Å².